The highest BCUT2D eigenvalue weighted by Crippen LogP contribution is 2.40. The highest BCUT2D eigenvalue weighted by molar-refractivity contribution is 9.18. The molecule has 1 aromatic carbocycles. The van der Waals surface area contributed by atoms with Gasteiger partial charge in [-0.3, -0.25) is 28.8 Å². The quantitative estimate of drug-likeness (QED) is 0.313. The summed E-state index contributed by atoms with van der Waals surface area (Å²) in [4.78, 5) is 87.3. The SMILES string of the molecule is COC(=O)C[C@H]1NC(=O)[C@@H](CC2C(Br)=Nc3ccccc32)NC(=O)[C@H](CC(C)C)NC(=O)[C@@H](C(C)C)NC(=O)[C@@H]2CCCN2C1=O. The number of hydrogen-bond donors (Lipinski definition) is 4. The minimum absolute atomic E-state index is 0.00501. The number of halogens is 1. The van der Waals surface area contributed by atoms with Gasteiger partial charge in [-0.2, -0.15) is 0 Å². The van der Waals surface area contributed by atoms with E-state index in [-0.39, 0.29) is 31.2 Å². The Hall–Kier alpha value is -3.81. The molecule has 2 fully saturated rings. The second-order valence-electron chi connectivity index (χ2n) is 12.8. The number of nitrogens with one attached hydrogen (secondary N) is 4. The summed E-state index contributed by atoms with van der Waals surface area (Å²) in [6.07, 6.45) is 0.721. The van der Waals surface area contributed by atoms with E-state index in [0.717, 1.165) is 11.3 Å². The van der Waals surface area contributed by atoms with Crippen LogP contribution in [0.3, 0.4) is 0 Å². The molecule has 46 heavy (non-hydrogen) atoms. The van der Waals surface area contributed by atoms with Crippen LogP contribution < -0.4 is 21.3 Å². The molecule has 4 rings (SSSR count). The Morgan fingerprint density at radius 3 is 2.26 bits per heavy atom. The molecular weight excluding hydrogens is 660 g/mol. The van der Waals surface area contributed by atoms with Crippen molar-refractivity contribution in [3.8, 4) is 0 Å². The van der Waals surface area contributed by atoms with Crippen molar-refractivity contribution < 1.29 is 33.5 Å². The number of amides is 5. The van der Waals surface area contributed by atoms with Crippen LogP contribution in [0.1, 0.15) is 71.3 Å². The fraction of sp³-hybridized carbons (Fsp3) is 0.594. The van der Waals surface area contributed by atoms with E-state index in [1.807, 2.05) is 38.1 Å². The molecule has 2 saturated heterocycles. The molecule has 5 amide bonds. The second kappa shape index (κ2) is 15.2. The van der Waals surface area contributed by atoms with Gasteiger partial charge >= 0.3 is 5.97 Å². The number of para-hydroxylation sites is 1. The highest BCUT2D eigenvalue weighted by Gasteiger charge is 2.42. The average molecular weight is 704 g/mol. The Balaban J connectivity index is 1.76. The lowest BCUT2D eigenvalue weighted by atomic mass is 9.92. The van der Waals surface area contributed by atoms with Gasteiger partial charge in [0.25, 0.3) is 0 Å². The van der Waals surface area contributed by atoms with Gasteiger partial charge in [0.1, 0.15) is 30.2 Å². The molecule has 0 bridgehead atoms. The maximum Gasteiger partial charge on any atom is 0.308 e. The number of fused-ring (bicyclic) bond motifs is 2. The summed E-state index contributed by atoms with van der Waals surface area (Å²) in [6, 6.07) is 1.97. The molecule has 14 heteroatoms. The van der Waals surface area contributed by atoms with Crippen LogP contribution in [0.15, 0.2) is 29.3 Å². The van der Waals surface area contributed by atoms with Crippen molar-refractivity contribution in [3.05, 3.63) is 29.8 Å². The summed E-state index contributed by atoms with van der Waals surface area (Å²) in [5.74, 6) is -4.46. The number of nitrogens with zero attached hydrogens (tertiary/aromatic N) is 2. The first-order valence-corrected chi connectivity index (χ1v) is 16.5. The van der Waals surface area contributed by atoms with Crippen LogP contribution in [0, 0.1) is 11.8 Å². The van der Waals surface area contributed by atoms with Crippen LogP contribution in [-0.4, -0.2) is 88.9 Å². The molecule has 0 aliphatic carbocycles. The number of ether oxygens (including phenoxy) is 1. The Morgan fingerprint density at radius 1 is 0.935 bits per heavy atom. The highest BCUT2D eigenvalue weighted by atomic mass is 79.9. The summed E-state index contributed by atoms with van der Waals surface area (Å²) in [5, 5.41) is 11.1. The molecule has 1 unspecified atom stereocenters. The number of rotatable bonds is 7. The Bertz CT molecular complexity index is 1400. The van der Waals surface area contributed by atoms with Crippen molar-refractivity contribution >= 4 is 61.7 Å². The third kappa shape index (κ3) is 8.12. The average Bonchev–Trinajstić information content (AvgIpc) is 3.61. The van der Waals surface area contributed by atoms with Crippen molar-refractivity contribution in [2.45, 2.75) is 95.9 Å². The number of hydrogen-bond acceptors (Lipinski definition) is 8. The monoisotopic (exact) mass is 702 g/mol. The lowest BCUT2D eigenvalue weighted by Gasteiger charge is -2.30. The summed E-state index contributed by atoms with van der Waals surface area (Å²) in [5.41, 5.74) is 1.58. The molecule has 0 radical (unpaired) electrons. The normalized spacial score (nSPS) is 27.5. The van der Waals surface area contributed by atoms with Gasteiger partial charge in [0.2, 0.25) is 29.5 Å². The van der Waals surface area contributed by atoms with Gasteiger partial charge in [0.05, 0.1) is 23.8 Å². The van der Waals surface area contributed by atoms with Crippen molar-refractivity contribution in [1.29, 1.82) is 0 Å². The van der Waals surface area contributed by atoms with Crippen LogP contribution in [0.25, 0.3) is 0 Å². The van der Waals surface area contributed by atoms with Crippen LogP contribution in [-0.2, 0) is 33.5 Å². The molecule has 3 aliphatic rings. The van der Waals surface area contributed by atoms with Gasteiger partial charge in [-0.1, -0.05) is 45.9 Å². The first-order valence-electron chi connectivity index (χ1n) is 15.7. The summed E-state index contributed by atoms with van der Waals surface area (Å²) in [7, 11) is 1.18. The number of benzene rings is 1. The first kappa shape index (κ1) is 35.1. The molecular formula is C32H43BrN6O7. The molecule has 0 aromatic heterocycles. The van der Waals surface area contributed by atoms with E-state index < -0.39 is 78.1 Å². The Labute approximate surface area is 277 Å². The predicted octanol–water partition coefficient (Wildman–Crippen LogP) is 1.81. The molecule has 1 aromatic rings. The number of aliphatic imine (C=N–C) groups is 1. The molecule has 250 valence electrons. The zero-order valence-corrected chi connectivity index (χ0v) is 28.4. The van der Waals surface area contributed by atoms with Crippen molar-refractivity contribution in [3.63, 3.8) is 0 Å². The van der Waals surface area contributed by atoms with E-state index in [1.54, 1.807) is 13.8 Å². The van der Waals surface area contributed by atoms with Crippen LogP contribution in [0.4, 0.5) is 5.69 Å². The number of methoxy groups -OCH3 is 1. The lowest BCUT2D eigenvalue weighted by Crippen LogP contribution is -2.58. The molecule has 4 N–H and O–H groups in total. The van der Waals surface area contributed by atoms with Gasteiger partial charge in [-0.25, -0.2) is 4.99 Å². The van der Waals surface area contributed by atoms with Crippen molar-refractivity contribution in [1.82, 2.24) is 26.2 Å². The maximum absolute atomic E-state index is 14.1. The van der Waals surface area contributed by atoms with E-state index in [9.17, 15) is 28.8 Å². The van der Waals surface area contributed by atoms with Gasteiger partial charge < -0.3 is 30.9 Å². The zero-order valence-electron chi connectivity index (χ0n) is 26.8. The smallest absolute Gasteiger partial charge is 0.308 e. The minimum Gasteiger partial charge on any atom is -0.469 e. The molecule has 3 heterocycles. The lowest BCUT2D eigenvalue weighted by molar-refractivity contribution is -0.147. The van der Waals surface area contributed by atoms with Crippen LogP contribution in [0.2, 0.25) is 0 Å². The summed E-state index contributed by atoms with van der Waals surface area (Å²) < 4.78 is 5.40. The van der Waals surface area contributed by atoms with Crippen molar-refractivity contribution in [2.24, 2.45) is 16.8 Å². The van der Waals surface area contributed by atoms with Crippen LogP contribution >= 0.6 is 15.9 Å². The predicted molar refractivity (Wildman–Crippen MR) is 173 cm³/mol. The number of carbonyl (C=O) groups excluding carboxylic acids is 6. The molecule has 13 nitrogen and oxygen atoms in total. The topological polar surface area (TPSA) is 175 Å². The van der Waals surface area contributed by atoms with E-state index in [4.69, 9.17) is 4.74 Å². The molecule has 0 saturated carbocycles. The molecule has 3 aliphatic heterocycles. The van der Waals surface area contributed by atoms with E-state index in [1.165, 1.54) is 12.0 Å². The third-order valence-corrected chi connectivity index (χ3v) is 9.30. The first-order chi connectivity index (χ1) is 21.8. The van der Waals surface area contributed by atoms with E-state index in [2.05, 4.69) is 42.2 Å². The van der Waals surface area contributed by atoms with Gasteiger partial charge in [0.15, 0.2) is 0 Å². The molecule has 0 spiro atoms. The molecule has 6 atom stereocenters. The largest absolute Gasteiger partial charge is 0.469 e. The van der Waals surface area contributed by atoms with Crippen LogP contribution in [0.5, 0.6) is 0 Å². The second-order valence-corrected chi connectivity index (χ2v) is 13.6. The fourth-order valence-electron chi connectivity index (χ4n) is 6.14. The minimum atomic E-state index is -1.36. The Morgan fingerprint density at radius 2 is 1.59 bits per heavy atom. The summed E-state index contributed by atoms with van der Waals surface area (Å²) >= 11 is 3.52. The maximum atomic E-state index is 14.1. The van der Waals surface area contributed by atoms with Gasteiger partial charge in [-0.15, -0.1) is 0 Å². The number of carbonyl (C=O) groups is 6. The Kier molecular flexibility index (Phi) is 11.6. The van der Waals surface area contributed by atoms with E-state index >= 15 is 0 Å². The standard InChI is InChI=1S/C32H43BrN6O7/c1-16(2)13-21-28(41)35-22(14-19-18-9-6-7-10-20(18)34-27(19)33)29(42)37-23(15-25(40)46-5)32(45)39-12-8-11-24(39)30(43)38-26(17(3)4)31(44)36-21/h6-7,9-10,16-17,19,21-24,26H,8,11-15H2,1-5H3,(H,35,41)(H,36,44)(H,37,42)(H,38,43)/t19?,21-,22+,23+,24-,26+/m0/s1. The van der Waals surface area contributed by atoms with E-state index in [0.29, 0.717) is 17.5 Å². The fourth-order valence-corrected chi connectivity index (χ4v) is 6.77. The van der Waals surface area contributed by atoms with Crippen molar-refractivity contribution in [2.75, 3.05) is 13.7 Å². The van der Waals surface area contributed by atoms with Gasteiger partial charge in [0, 0.05) is 12.5 Å². The number of esters is 1. The third-order valence-electron chi connectivity index (χ3n) is 8.57. The summed E-state index contributed by atoms with van der Waals surface area (Å²) in [6.45, 7) is 7.58. The zero-order chi connectivity index (χ0) is 33.7. The van der Waals surface area contributed by atoms with Gasteiger partial charge in [-0.05, 0) is 65.1 Å².